The van der Waals surface area contributed by atoms with E-state index in [4.69, 9.17) is 11.6 Å². The lowest BCUT2D eigenvalue weighted by molar-refractivity contribution is 0.258. The highest BCUT2D eigenvalue weighted by atomic mass is 35.5. The minimum atomic E-state index is -0.919. The quantitative estimate of drug-likeness (QED) is 0.625. The minimum Gasteiger partial charge on any atom is -0.357 e. The van der Waals surface area contributed by atoms with E-state index >= 15 is 0 Å². The molecule has 0 fully saturated rings. The Kier molecular flexibility index (Phi) is 2.18. The number of nitrogens with one attached hydrogen (secondary N) is 1. The fourth-order valence-electron chi connectivity index (χ4n) is 0.769. The largest absolute Gasteiger partial charge is 0.357 e. The highest BCUT2D eigenvalue weighted by molar-refractivity contribution is 6.63. The van der Waals surface area contributed by atoms with Crippen molar-refractivity contribution >= 4 is 22.9 Å². The molecule has 0 aliphatic heterocycles. The van der Waals surface area contributed by atoms with Gasteiger partial charge in [0, 0.05) is 14.1 Å². The molecule has 0 spiro atoms. The standard InChI is InChI=1S/C5H7ClN4O2/c1-7-4-8-10(3(6)11)5(12)9(4)2/h1-2H3,(H,7,8). The van der Waals surface area contributed by atoms with E-state index in [-0.39, 0.29) is 5.95 Å². The van der Waals surface area contributed by atoms with Crippen LogP contribution in [0.2, 0.25) is 0 Å². The fourth-order valence-corrected chi connectivity index (χ4v) is 0.880. The van der Waals surface area contributed by atoms with Gasteiger partial charge in [-0.2, -0.15) is 0 Å². The second kappa shape index (κ2) is 2.98. The van der Waals surface area contributed by atoms with Gasteiger partial charge in [-0.25, -0.2) is 4.79 Å². The molecule has 1 aromatic rings. The summed E-state index contributed by atoms with van der Waals surface area (Å²) in [5.41, 5.74) is -0.570. The third-order valence-electron chi connectivity index (χ3n) is 1.37. The minimum absolute atomic E-state index is 0.286. The monoisotopic (exact) mass is 190 g/mol. The van der Waals surface area contributed by atoms with E-state index in [1.165, 1.54) is 11.6 Å². The van der Waals surface area contributed by atoms with Gasteiger partial charge < -0.3 is 5.32 Å². The van der Waals surface area contributed by atoms with Crippen molar-refractivity contribution in [3.8, 4) is 0 Å². The zero-order chi connectivity index (χ0) is 9.30. The first kappa shape index (κ1) is 8.79. The molecule has 1 rings (SSSR count). The summed E-state index contributed by atoms with van der Waals surface area (Å²) in [5.74, 6) is 0.286. The summed E-state index contributed by atoms with van der Waals surface area (Å²) in [5, 5.41) is 5.31. The number of hydrogen-bond acceptors (Lipinski definition) is 4. The van der Waals surface area contributed by atoms with E-state index in [1.54, 1.807) is 7.05 Å². The van der Waals surface area contributed by atoms with Crippen molar-refractivity contribution in [1.29, 1.82) is 0 Å². The van der Waals surface area contributed by atoms with Crippen molar-refractivity contribution in [3.05, 3.63) is 10.5 Å². The molecule has 6 nitrogen and oxygen atoms in total. The number of aromatic nitrogens is 3. The molecule has 1 heterocycles. The molecular weight excluding hydrogens is 184 g/mol. The summed E-state index contributed by atoms with van der Waals surface area (Å²) in [6.07, 6.45) is 0. The molecular formula is C5H7ClN4O2. The Labute approximate surface area is 72.7 Å². The van der Waals surface area contributed by atoms with Crippen molar-refractivity contribution in [2.24, 2.45) is 7.05 Å². The molecule has 0 bridgehead atoms. The maximum absolute atomic E-state index is 11.1. The van der Waals surface area contributed by atoms with Crippen LogP contribution < -0.4 is 11.0 Å². The highest BCUT2D eigenvalue weighted by Crippen LogP contribution is 1.95. The average molecular weight is 191 g/mol. The van der Waals surface area contributed by atoms with Crippen LogP contribution in [0.3, 0.4) is 0 Å². The van der Waals surface area contributed by atoms with Gasteiger partial charge in [-0.15, -0.1) is 9.78 Å². The normalized spacial score (nSPS) is 9.92. The van der Waals surface area contributed by atoms with Gasteiger partial charge in [0.15, 0.2) is 0 Å². The molecule has 66 valence electrons. The lowest BCUT2D eigenvalue weighted by Crippen LogP contribution is -2.25. The number of carbonyl (C=O) groups is 1. The number of halogens is 1. The van der Waals surface area contributed by atoms with Gasteiger partial charge in [-0.05, 0) is 11.6 Å². The van der Waals surface area contributed by atoms with E-state index in [1.807, 2.05) is 0 Å². The lowest BCUT2D eigenvalue weighted by Gasteiger charge is -1.92. The molecule has 0 unspecified atom stereocenters. The first-order valence-electron chi connectivity index (χ1n) is 3.11. The lowest BCUT2D eigenvalue weighted by atomic mass is 10.9. The molecule has 1 N–H and O–H groups in total. The zero-order valence-corrected chi connectivity index (χ0v) is 7.29. The van der Waals surface area contributed by atoms with E-state index in [2.05, 4.69) is 10.4 Å². The number of carbonyl (C=O) groups excluding carboxylic acids is 1. The smallest absolute Gasteiger partial charge is 0.355 e. The fraction of sp³-hybridized carbons (Fsp3) is 0.400. The molecule has 0 amide bonds. The molecule has 0 saturated heterocycles. The van der Waals surface area contributed by atoms with Crippen LogP contribution in [0.15, 0.2) is 4.79 Å². The Bertz CT molecular complexity index is 366. The van der Waals surface area contributed by atoms with Crippen LogP contribution in [0.25, 0.3) is 0 Å². The highest BCUT2D eigenvalue weighted by Gasteiger charge is 2.12. The predicted molar refractivity (Wildman–Crippen MR) is 43.7 cm³/mol. The Hall–Kier alpha value is -1.30. The van der Waals surface area contributed by atoms with Gasteiger partial charge in [0.25, 0.3) is 0 Å². The van der Waals surface area contributed by atoms with Crippen LogP contribution in [-0.2, 0) is 7.05 Å². The first-order valence-corrected chi connectivity index (χ1v) is 3.49. The Balaban J connectivity index is 3.35. The van der Waals surface area contributed by atoms with E-state index in [0.29, 0.717) is 4.68 Å². The van der Waals surface area contributed by atoms with Crippen molar-refractivity contribution < 1.29 is 4.79 Å². The Morgan fingerprint density at radius 3 is 2.50 bits per heavy atom. The summed E-state index contributed by atoms with van der Waals surface area (Å²) in [6, 6.07) is 0. The summed E-state index contributed by atoms with van der Waals surface area (Å²) in [6.45, 7) is 0. The van der Waals surface area contributed by atoms with Crippen LogP contribution >= 0.6 is 11.6 Å². The molecule has 0 aliphatic rings. The van der Waals surface area contributed by atoms with Crippen LogP contribution in [0.1, 0.15) is 0 Å². The van der Waals surface area contributed by atoms with Gasteiger partial charge in [0.05, 0.1) is 0 Å². The van der Waals surface area contributed by atoms with E-state index < -0.39 is 11.1 Å². The SMILES string of the molecule is CNc1nn(C(=O)Cl)c(=O)n1C. The predicted octanol–water partition coefficient (Wildman–Crippen LogP) is -0.170. The van der Waals surface area contributed by atoms with Crippen molar-refractivity contribution in [2.45, 2.75) is 0 Å². The second-order valence-electron chi connectivity index (χ2n) is 2.08. The van der Waals surface area contributed by atoms with Gasteiger partial charge >= 0.3 is 11.1 Å². The summed E-state index contributed by atoms with van der Waals surface area (Å²) < 4.78 is 1.76. The molecule has 12 heavy (non-hydrogen) atoms. The first-order chi connectivity index (χ1) is 5.57. The second-order valence-corrected chi connectivity index (χ2v) is 2.40. The van der Waals surface area contributed by atoms with Gasteiger partial charge in [0.1, 0.15) is 0 Å². The molecule has 0 saturated carbocycles. The van der Waals surface area contributed by atoms with Crippen LogP contribution in [0, 0.1) is 0 Å². The number of anilines is 1. The van der Waals surface area contributed by atoms with Crippen molar-refractivity contribution in [2.75, 3.05) is 12.4 Å². The molecule has 7 heteroatoms. The van der Waals surface area contributed by atoms with Crippen LogP contribution in [0.4, 0.5) is 10.7 Å². The molecule has 0 aliphatic carbocycles. The average Bonchev–Trinajstić information content (AvgIpc) is 2.30. The number of rotatable bonds is 1. The summed E-state index contributed by atoms with van der Waals surface area (Å²) >= 11 is 5.07. The maximum atomic E-state index is 11.1. The molecule has 0 radical (unpaired) electrons. The molecule has 0 atom stereocenters. The number of hydrogen-bond donors (Lipinski definition) is 1. The summed E-state index contributed by atoms with van der Waals surface area (Å²) in [4.78, 5) is 21.7. The third kappa shape index (κ3) is 1.20. The van der Waals surface area contributed by atoms with Crippen LogP contribution in [0.5, 0.6) is 0 Å². The van der Waals surface area contributed by atoms with Crippen molar-refractivity contribution in [3.63, 3.8) is 0 Å². The maximum Gasteiger partial charge on any atom is 0.355 e. The van der Waals surface area contributed by atoms with Gasteiger partial charge in [-0.3, -0.25) is 9.36 Å². The topological polar surface area (TPSA) is 68.9 Å². The van der Waals surface area contributed by atoms with E-state index in [0.717, 1.165) is 0 Å². The Morgan fingerprint density at radius 1 is 1.67 bits per heavy atom. The van der Waals surface area contributed by atoms with Gasteiger partial charge in [0.2, 0.25) is 5.95 Å². The molecule has 0 aromatic carbocycles. The van der Waals surface area contributed by atoms with Gasteiger partial charge in [-0.1, -0.05) is 0 Å². The summed E-state index contributed by atoms with van der Waals surface area (Å²) in [7, 11) is 3.07. The number of nitrogens with zero attached hydrogens (tertiary/aromatic N) is 3. The van der Waals surface area contributed by atoms with Crippen LogP contribution in [-0.4, -0.2) is 26.8 Å². The van der Waals surface area contributed by atoms with E-state index in [9.17, 15) is 9.59 Å². The van der Waals surface area contributed by atoms with Crippen molar-refractivity contribution in [1.82, 2.24) is 14.3 Å². The Morgan fingerprint density at radius 2 is 2.25 bits per heavy atom. The molecule has 1 aromatic heterocycles. The third-order valence-corrected chi connectivity index (χ3v) is 1.53. The zero-order valence-electron chi connectivity index (χ0n) is 6.54.